The van der Waals surface area contributed by atoms with Crippen LogP contribution in [0.2, 0.25) is 0 Å². The van der Waals surface area contributed by atoms with Crippen molar-refractivity contribution in [2.75, 3.05) is 18.0 Å². The number of anilines is 1. The van der Waals surface area contributed by atoms with Crippen molar-refractivity contribution in [3.05, 3.63) is 47.5 Å². The normalized spacial score (nSPS) is 15.3. The summed E-state index contributed by atoms with van der Waals surface area (Å²) in [5.41, 5.74) is 2.79. The second-order valence-electron chi connectivity index (χ2n) is 7.03. The maximum atomic E-state index is 13.9. The molecule has 0 atom stereocenters. The Morgan fingerprint density at radius 1 is 1.27 bits per heavy atom. The van der Waals surface area contributed by atoms with Crippen LogP contribution in [0.25, 0.3) is 0 Å². The van der Waals surface area contributed by atoms with Crippen LogP contribution in [0.4, 0.5) is 10.1 Å². The standard InChI is InChI=1S/C20H27FN4O/c1-15-14-16(2)25(23-15)11-5-8-20(26)22-17-9-12-24(13-10-17)19-7-4-3-6-18(19)21/h3-4,6-7,14,17H,5,8-13H2,1-2H3,(H,22,26). The Morgan fingerprint density at radius 3 is 2.65 bits per heavy atom. The third-order valence-corrected chi connectivity index (χ3v) is 4.93. The minimum Gasteiger partial charge on any atom is -0.369 e. The van der Waals surface area contributed by atoms with Gasteiger partial charge < -0.3 is 10.2 Å². The third-order valence-electron chi connectivity index (χ3n) is 4.93. The number of aromatic nitrogens is 2. The molecule has 1 amide bonds. The zero-order chi connectivity index (χ0) is 18.5. The summed E-state index contributed by atoms with van der Waals surface area (Å²) in [6, 6.07) is 9.09. The van der Waals surface area contributed by atoms with Crippen molar-refractivity contribution >= 4 is 11.6 Å². The Labute approximate surface area is 154 Å². The molecule has 0 spiro atoms. The van der Waals surface area contributed by atoms with Gasteiger partial charge in [0, 0.05) is 37.8 Å². The topological polar surface area (TPSA) is 50.2 Å². The van der Waals surface area contributed by atoms with E-state index in [2.05, 4.69) is 15.3 Å². The number of hydrogen-bond donors (Lipinski definition) is 1. The summed E-state index contributed by atoms with van der Waals surface area (Å²) in [7, 11) is 0. The molecule has 0 radical (unpaired) electrons. The summed E-state index contributed by atoms with van der Waals surface area (Å²) in [6.45, 7) is 6.29. The average molecular weight is 358 g/mol. The molecule has 1 aromatic heterocycles. The number of halogens is 1. The molecule has 1 aliphatic rings. The Kier molecular flexibility index (Phi) is 5.91. The van der Waals surface area contributed by atoms with Crippen LogP contribution in [0.3, 0.4) is 0 Å². The van der Waals surface area contributed by atoms with Crippen LogP contribution in [0.15, 0.2) is 30.3 Å². The fourth-order valence-electron chi connectivity index (χ4n) is 3.56. The molecule has 1 aliphatic heterocycles. The number of para-hydroxylation sites is 1. The Morgan fingerprint density at radius 2 is 2.00 bits per heavy atom. The van der Waals surface area contributed by atoms with Crippen molar-refractivity contribution in [1.29, 1.82) is 0 Å². The van der Waals surface area contributed by atoms with E-state index in [1.807, 2.05) is 36.7 Å². The lowest BCUT2D eigenvalue weighted by Crippen LogP contribution is -2.44. The number of hydrogen-bond acceptors (Lipinski definition) is 3. The lowest BCUT2D eigenvalue weighted by atomic mass is 10.0. The summed E-state index contributed by atoms with van der Waals surface area (Å²) in [5, 5.41) is 7.54. The monoisotopic (exact) mass is 358 g/mol. The molecule has 5 nitrogen and oxygen atoms in total. The van der Waals surface area contributed by atoms with E-state index >= 15 is 0 Å². The van der Waals surface area contributed by atoms with Crippen LogP contribution < -0.4 is 10.2 Å². The van der Waals surface area contributed by atoms with Crippen LogP contribution in [-0.4, -0.2) is 34.8 Å². The van der Waals surface area contributed by atoms with E-state index < -0.39 is 0 Å². The van der Waals surface area contributed by atoms with E-state index in [0.29, 0.717) is 12.1 Å². The zero-order valence-corrected chi connectivity index (χ0v) is 15.5. The van der Waals surface area contributed by atoms with E-state index in [1.54, 1.807) is 6.07 Å². The van der Waals surface area contributed by atoms with Crippen molar-refractivity contribution in [2.45, 2.75) is 52.1 Å². The number of benzene rings is 1. The van der Waals surface area contributed by atoms with Gasteiger partial charge in [0.05, 0.1) is 11.4 Å². The van der Waals surface area contributed by atoms with Crippen LogP contribution in [0, 0.1) is 19.7 Å². The number of amides is 1. The molecule has 0 aliphatic carbocycles. The van der Waals surface area contributed by atoms with Crippen LogP contribution >= 0.6 is 0 Å². The lowest BCUT2D eigenvalue weighted by molar-refractivity contribution is -0.122. The number of rotatable bonds is 6. The fourth-order valence-corrected chi connectivity index (χ4v) is 3.56. The molecule has 26 heavy (non-hydrogen) atoms. The number of carbonyl (C=O) groups excluding carboxylic acids is 1. The lowest BCUT2D eigenvalue weighted by Gasteiger charge is -2.34. The third kappa shape index (κ3) is 4.62. The number of aryl methyl sites for hydroxylation is 3. The molecule has 0 saturated carbocycles. The Bertz CT molecular complexity index is 750. The molecule has 0 bridgehead atoms. The first-order chi connectivity index (χ1) is 12.5. The molecule has 1 fully saturated rings. The molecule has 3 rings (SSSR count). The van der Waals surface area contributed by atoms with Gasteiger partial charge in [-0.05, 0) is 51.3 Å². The molecule has 2 aromatic rings. The number of piperidine rings is 1. The average Bonchev–Trinajstić information content (AvgIpc) is 2.94. The van der Waals surface area contributed by atoms with Gasteiger partial charge in [-0.3, -0.25) is 9.48 Å². The van der Waals surface area contributed by atoms with E-state index in [0.717, 1.165) is 50.3 Å². The van der Waals surface area contributed by atoms with Gasteiger partial charge in [0.15, 0.2) is 0 Å². The minimum absolute atomic E-state index is 0.0934. The van der Waals surface area contributed by atoms with Crippen molar-refractivity contribution < 1.29 is 9.18 Å². The molecule has 140 valence electrons. The quantitative estimate of drug-likeness (QED) is 0.863. The maximum Gasteiger partial charge on any atom is 0.220 e. The van der Waals surface area contributed by atoms with Gasteiger partial charge in [-0.1, -0.05) is 12.1 Å². The molecule has 1 N–H and O–H groups in total. The van der Waals surface area contributed by atoms with Crippen molar-refractivity contribution in [3.63, 3.8) is 0 Å². The second-order valence-corrected chi connectivity index (χ2v) is 7.03. The minimum atomic E-state index is -0.181. The molecule has 0 unspecified atom stereocenters. The highest BCUT2D eigenvalue weighted by Crippen LogP contribution is 2.22. The van der Waals surface area contributed by atoms with Gasteiger partial charge >= 0.3 is 0 Å². The Hall–Kier alpha value is -2.37. The summed E-state index contributed by atoms with van der Waals surface area (Å²) < 4.78 is 15.8. The predicted octanol–water partition coefficient (Wildman–Crippen LogP) is 3.20. The zero-order valence-electron chi connectivity index (χ0n) is 15.5. The number of carbonyl (C=O) groups is 1. The van der Waals surface area contributed by atoms with Gasteiger partial charge in [-0.2, -0.15) is 5.10 Å². The van der Waals surface area contributed by atoms with E-state index in [1.165, 1.54) is 6.07 Å². The maximum absolute atomic E-state index is 13.9. The van der Waals surface area contributed by atoms with Crippen molar-refractivity contribution in [2.24, 2.45) is 0 Å². The summed E-state index contributed by atoms with van der Waals surface area (Å²) in [5.74, 6) is -0.0880. The SMILES string of the molecule is Cc1cc(C)n(CCCC(=O)NC2CCN(c3ccccc3F)CC2)n1. The van der Waals surface area contributed by atoms with E-state index in [4.69, 9.17) is 0 Å². The fraction of sp³-hybridized carbons (Fsp3) is 0.500. The smallest absolute Gasteiger partial charge is 0.220 e. The Balaban J connectivity index is 1.39. The first-order valence-corrected chi connectivity index (χ1v) is 9.33. The van der Waals surface area contributed by atoms with Gasteiger partial charge in [0.25, 0.3) is 0 Å². The first-order valence-electron chi connectivity index (χ1n) is 9.33. The van der Waals surface area contributed by atoms with Gasteiger partial charge in [0.2, 0.25) is 5.91 Å². The van der Waals surface area contributed by atoms with Crippen LogP contribution in [-0.2, 0) is 11.3 Å². The van der Waals surface area contributed by atoms with Crippen LogP contribution in [0.5, 0.6) is 0 Å². The van der Waals surface area contributed by atoms with Gasteiger partial charge in [0.1, 0.15) is 5.82 Å². The molecular weight excluding hydrogens is 331 g/mol. The highest BCUT2D eigenvalue weighted by molar-refractivity contribution is 5.76. The molecule has 1 aromatic carbocycles. The second kappa shape index (κ2) is 8.34. The van der Waals surface area contributed by atoms with Gasteiger partial charge in [-0.15, -0.1) is 0 Å². The summed E-state index contributed by atoms with van der Waals surface area (Å²) in [4.78, 5) is 14.2. The van der Waals surface area contributed by atoms with Crippen LogP contribution in [0.1, 0.15) is 37.1 Å². The van der Waals surface area contributed by atoms with E-state index in [9.17, 15) is 9.18 Å². The molecule has 2 heterocycles. The number of nitrogens with one attached hydrogen (secondary N) is 1. The summed E-state index contributed by atoms with van der Waals surface area (Å²) in [6.07, 6.45) is 2.98. The van der Waals surface area contributed by atoms with Gasteiger partial charge in [-0.25, -0.2) is 4.39 Å². The molecule has 1 saturated heterocycles. The first kappa shape index (κ1) is 18.4. The summed E-state index contributed by atoms with van der Waals surface area (Å²) >= 11 is 0. The molecular formula is C20H27FN4O. The largest absolute Gasteiger partial charge is 0.369 e. The van der Waals surface area contributed by atoms with Crippen molar-refractivity contribution in [3.8, 4) is 0 Å². The predicted molar refractivity (Wildman–Crippen MR) is 101 cm³/mol. The highest BCUT2D eigenvalue weighted by atomic mass is 19.1. The van der Waals surface area contributed by atoms with E-state index in [-0.39, 0.29) is 17.8 Å². The highest BCUT2D eigenvalue weighted by Gasteiger charge is 2.22. The van der Waals surface area contributed by atoms with Crippen molar-refractivity contribution in [1.82, 2.24) is 15.1 Å². The molecule has 6 heteroatoms. The number of nitrogens with zero attached hydrogens (tertiary/aromatic N) is 3.